The molecular formula is C25H18F6N2O3. The Morgan fingerprint density at radius 3 is 2.28 bits per heavy atom. The summed E-state index contributed by atoms with van der Waals surface area (Å²) in [6, 6.07) is 8.25. The first-order chi connectivity index (χ1) is 16.8. The molecule has 5 nitrogen and oxygen atoms in total. The number of carbonyl (C=O) groups is 2. The van der Waals surface area contributed by atoms with Crippen LogP contribution in [-0.2, 0) is 33.1 Å². The third-order valence-electron chi connectivity index (χ3n) is 6.53. The Hall–Kier alpha value is -3.76. The lowest BCUT2D eigenvalue weighted by Gasteiger charge is -2.26. The van der Waals surface area contributed by atoms with Gasteiger partial charge in [0.25, 0.3) is 11.8 Å². The van der Waals surface area contributed by atoms with Gasteiger partial charge in [0, 0.05) is 23.2 Å². The van der Waals surface area contributed by atoms with E-state index in [1.54, 1.807) is 0 Å². The molecule has 2 heterocycles. The van der Waals surface area contributed by atoms with Crippen molar-refractivity contribution < 1.29 is 40.7 Å². The van der Waals surface area contributed by atoms with Gasteiger partial charge < -0.3 is 10.1 Å². The number of hydrogen-bond acceptors (Lipinski definition) is 3. The smallest absolute Gasteiger partial charge is 0.416 e. The molecule has 188 valence electrons. The van der Waals surface area contributed by atoms with Gasteiger partial charge in [-0.2, -0.15) is 26.3 Å². The summed E-state index contributed by atoms with van der Waals surface area (Å²) < 4.78 is 85.9. The van der Waals surface area contributed by atoms with Gasteiger partial charge in [-0.1, -0.05) is 24.3 Å². The predicted molar refractivity (Wildman–Crippen MR) is 115 cm³/mol. The molecule has 0 radical (unpaired) electrons. The molecule has 0 bridgehead atoms. The molecule has 2 aromatic carbocycles. The molecule has 0 aromatic heterocycles. The van der Waals surface area contributed by atoms with Crippen LogP contribution < -0.4 is 10.2 Å². The van der Waals surface area contributed by atoms with Crippen LogP contribution in [-0.4, -0.2) is 24.1 Å². The molecule has 1 fully saturated rings. The van der Waals surface area contributed by atoms with Gasteiger partial charge in [0.15, 0.2) is 6.23 Å². The van der Waals surface area contributed by atoms with E-state index in [2.05, 4.69) is 5.32 Å². The molecule has 1 saturated heterocycles. The number of nitrogens with one attached hydrogen (secondary N) is 1. The summed E-state index contributed by atoms with van der Waals surface area (Å²) >= 11 is 0. The van der Waals surface area contributed by atoms with Crippen LogP contribution >= 0.6 is 0 Å². The van der Waals surface area contributed by atoms with Crippen LogP contribution in [0.2, 0.25) is 0 Å². The number of ether oxygens (including phenoxy) is 1. The number of nitrogens with zero attached hydrogens (tertiary/aromatic N) is 1. The Labute approximate surface area is 201 Å². The second-order valence-corrected chi connectivity index (χ2v) is 8.85. The normalized spacial score (nSPS) is 24.6. The lowest BCUT2D eigenvalue weighted by Crippen LogP contribution is -2.36. The van der Waals surface area contributed by atoms with Crippen LogP contribution in [0.5, 0.6) is 0 Å². The van der Waals surface area contributed by atoms with E-state index in [0.717, 1.165) is 17.4 Å². The average Bonchev–Trinajstić information content (AvgIpc) is 3.39. The molecule has 3 atom stereocenters. The van der Waals surface area contributed by atoms with Crippen molar-refractivity contribution in [1.82, 2.24) is 5.32 Å². The molecule has 5 rings (SSSR count). The van der Waals surface area contributed by atoms with E-state index in [1.807, 2.05) is 24.3 Å². The monoisotopic (exact) mass is 508 g/mol. The fourth-order valence-corrected chi connectivity index (χ4v) is 4.88. The highest BCUT2D eigenvalue weighted by Gasteiger charge is 2.45. The fourth-order valence-electron chi connectivity index (χ4n) is 4.88. The molecule has 0 saturated carbocycles. The molecule has 36 heavy (non-hydrogen) atoms. The van der Waals surface area contributed by atoms with E-state index >= 15 is 0 Å². The van der Waals surface area contributed by atoms with Crippen LogP contribution in [0.3, 0.4) is 0 Å². The number of benzene rings is 2. The topological polar surface area (TPSA) is 58.6 Å². The Kier molecular flexibility index (Phi) is 5.42. The Morgan fingerprint density at radius 1 is 1.00 bits per heavy atom. The Morgan fingerprint density at radius 2 is 1.64 bits per heavy atom. The van der Waals surface area contributed by atoms with E-state index < -0.39 is 47.2 Å². The zero-order valence-corrected chi connectivity index (χ0v) is 18.6. The van der Waals surface area contributed by atoms with E-state index in [-0.39, 0.29) is 29.2 Å². The van der Waals surface area contributed by atoms with Crippen molar-refractivity contribution in [2.24, 2.45) is 0 Å². The third-order valence-corrected chi connectivity index (χ3v) is 6.53. The van der Waals surface area contributed by atoms with Gasteiger partial charge in [-0.25, -0.2) is 0 Å². The molecule has 1 aliphatic carbocycles. The van der Waals surface area contributed by atoms with Gasteiger partial charge in [0.2, 0.25) is 0 Å². The highest BCUT2D eigenvalue weighted by atomic mass is 19.4. The summed E-state index contributed by atoms with van der Waals surface area (Å²) in [6.45, 7) is 1.37. The fraction of sp³-hybridized carbons (Fsp3) is 0.280. The molecular weight excluding hydrogens is 490 g/mol. The van der Waals surface area contributed by atoms with Gasteiger partial charge >= 0.3 is 12.4 Å². The van der Waals surface area contributed by atoms with Gasteiger partial charge in [-0.05, 0) is 48.7 Å². The number of hydrogen-bond donors (Lipinski definition) is 1. The number of anilines is 1. The van der Waals surface area contributed by atoms with E-state index in [1.165, 1.54) is 13.0 Å². The average molecular weight is 508 g/mol. The molecule has 0 spiro atoms. The quantitative estimate of drug-likeness (QED) is 0.358. The molecule has 2 amide bonds. The van der Waals surface area contributed by atoms with E-state index in [4.69, 9.17) is 4.74 Å². The number of fused-ring (bicyclic) bond motifs is 3. The minimum Gasteiger partial charge on any atom is -0.474 e. The lowest BCUT2D eigenvalue weighted by atomic mass is 9.94. The van der Waals surface area contributed by atoms with Crippen molar-refractivity contribution in [2.75, 3.05) is 4.90 Å². The minimum atomic E-state index is -5.08. The largest absolute Gasteiger partial charge is 0.474 e. The summed E-state index contributed by atoms with van der Waals surface area (Å²) in [5.74, 6) is -1.53. The summed E-state index contributed by atoms with van der Waals surface area (Å²) in [7, 11) is 0. The predicted octanol–water partition coefficient (Wildman–Crippen LogP) is 5.08. The SMILES string of the molecule is CC1=C[C@@H](O/C=C2/C(=O)N[C@@H]3Cc4ccccc4[C@H]23)N(c2cc(C(F)(F)F)cc(C(F)(F)F)c2)C1=O. The summed E-state index contributed by atoms with van der Waals surface area (Å²) in [5.41, 5.74) is -1.42. The van der Waals surface area contributed by atoms with E-state index in [0.29, 0.717) is 23.5 Å². The zero-order valence-electron chi connectivity index (χ0n) is 18.6. The highest BCUT2D eigenvalue weighted by molar-refractivity contribution is 6.08. The molecule has 2 aliphatic heterocycles. The molecule has 3 aliphatic rings. The lowest BCUT2D eigenvalue weighted by molar-refractivity contribution is -0.143. The van der Waals surface area contributed by atoms with Crippen LogP contribution in [0.15, 0.2) is 65.9 Å². The van der Waals surface area contributed by atoms with Crippen LogP contribution in [0.1, 0.15) is 35.1 Å². The molecule has 0 unspecified atom stereocenters. The minimum absolute atomic E-state index is 0.0112. The van der Waals surface area contributed by atoms with Crippen LogP contribution in [0.25, 0.3) is 0 Å². The van der Waals surface area contributed by atoms with Gasteiger partial charge in [-0.15, -0.1) is 0 Å². The van der Waals surface area contributed by atoms with Gasteiger partial charge in [0.1, 0.15) is 0 Å². The van der Waals surface area contributed by atoms with Gasteiger partial charge in [0.05, 0.1) is 23.0 Å². The summed E-state index contributed by atoms with van der Waals surface area (Å²) in [5, 5.41) is 2.86. The first-order valence-electron chi connectivity index (χ1n) is 10.9. The van der Waals surface area contributed by atoms with Crippen molar-refractivity contribution in [3.63, 3.8) is 0 Å². The Balaban J connectivity index is 1.51. The van der Waals surface area contributed by atoms with Gasteiger partial charge in [-0.3, -0.25) is 14.5 Å². The Bertz CT molecular complexity index is 1300. The number of rotatable bonds is 3. The van der Waals surface area contributed by atoms with E-state index in [9.17, 15) is 35.9 Å². The summed E-state index contributed by atoms with van der Waals surface area (Å²) in [6.07, 6.45) is -8.47. The number of amides is 2. The second kappa shape index (κ2) is 8.14. The van der Waals surface area contributed by atoms with Crippen LogP contribution in [0, 0.1) is 0 Å². The van der Waals surface area contributed by atoms with Crippen molar-refractivity contribution in [3.8, 4) is 0 Å². The zero-order chi connectivity index (χ0) is 26.0. The van der Waals surface area contributed by atoms with Crippen molar-refractivity contribution >= 4 is 17.5 Å². The maximum absolute atomic E-state index is 13.4. The molecule has 2 aromatic rings. The highest BCUT2D eigenvalue weighted by Crippen LogP contribution is 2.43. The summed E-state index contributed by atoms with van der Waals surface area (Å²) in [4.78, 5) is 26.1. The number of halogens is 6. The molecule has 11 heteroatoms. The molecule has 1 N–H and O–H groups in total. The van der Waals surface area contributed by atoms with Crippen molar-refractivity contribution in [3.05, 3.63) is 88.2 Å². The van der Waals surface area contributed by atoms with Crippen molar-refractivity contribution in [1.29, 1.82) is 0 Å². The maximum Gasteiger partial charge on any atom is 0.416 e. The third kappa shape index (κ3) is 4.02. The first-order valence-corrected chi connectivity index (χ1v) is 10.9. The number of alkyl halides is 6. The first kappa shape index (κ1) is 24.0. The van der Waals surface area contributed by atoms with Crippen molar-refractivity contribution in [2.45, 2.75) is 43.9 Å². The van der Waals surface area contributed by atoms with Crippen LogP contribution in [0.4, 0.5) is 32.0 Å². The standard InChI is InChI=1S/C25H18F6N2O3/c1-12-6-20(36-11-18-21-17-5-3-2-4-13(17)7-19(21)32-22(18)34)33(23(12)35)16-9-14(24(26,27)28)8-15(10-16)25(29,30)31/h2-6,8-11,19-21H,7H2,1H3,(H,32,34)/b18-11+/t19-,20-,21-/m1/s1. The second-order valence-electron chi connectivity index (χ2n) is 8.85. The maximum atomic E-state index is 13.4. The number of carbonyl (C=O) groups excluding carboxylic acids is 2.